The van der Waals surface area contributed by atoms with Crippen molar-refractivity contribution >= 4 is 82.8 Å². The summed E-state index contributed by atoms with van der Waals surface area (Å²) in [6.07, 6.45) is 3.36. The smallest absolute Gasteiger partial charge is 0.328 e. The summed E-state index contributed by atoms with van der Waals surface area (Å²) in [5.41, 5.74) is 17.0. The van der Waals surface area contributed by atoms with Crippen molar-refractivity contribution in [3.63, 3.8) is 0 Å². The lowest BCUT2D eigenvalue weighted by atomic mass is 10.0. The molecule has 5 aliphatic heterocycles. The number of aliphatic hydroxyl groups excluding tert-OH is 3. The Balaban J connectivity index is 1.15. The van der Waals surface area contributed by atoms with Crippen LogP contribution in [0.4, 0.5) is 0 Å². The van der Waals surface area contributed by atoms with E-state index in [0.717, 1.165) is 13.3 Å². The molecular formula is C63H108N18O18. The lowest BCUT2D eigenvalue weighted by molar-refractivity contribution is -0.145. The van der Waals surface area contributed by atoms with Gasteiger partial charge in [-0.25, -0.2) is 4.79 Å². The summed E-state index contributed by atoms with van der Waals surface area (Å²) in [7, 11) is 0. The molecule has 36 nitrogen and oxygen atoms in total. The van der Waals surface area contributed by atoms with Gasteiger partial charge < -0.3 is 110 Å². The van der Waals surface area contributed by atoms with Crippen LogP contribution < -0.4 is 75.7 Å². The number of carbonyl (C=O) groups is 14. The molecular weight excluding hydrogens is 1300 g/mol. The Kier molecular flexibility index (Phi) is 33.0. The highest BCUT2D eigenvalue weighted by atomic mass is 16.4. The highest BCUT2D eigenvalue weighted by Gasteiger charge is 2.46. The number of nitrogens with one attached hydrogen (secondary N) is 11. The molecule has 558 valence electrons. The van der Waals surface area contributed by atoms with Crippen LogP contribution in [0.5, 0.6) is 0 Å². The van der Waals surface area contributed by atoms with Crippen LogP contribution in [0.15, 0.2) is 0 Å². The second-order valence-electron chi connectivity index (χ2n) is 26.9. The Bertz CT molecular complexity index is 2830. The van der Waals surface area contributed by atoms with Crippen LogP contribution in [-0.2, 0) is 67.1 Å². The number of hydrogen-bond donors (Lipinski definition) is 18. The first-order valence-corrected chi connectivity index (χ1v) is 34.7. The van der Waals surface area contributed by atoms with Crippen LogP contribution in [0.2, 0.25) is 0 Å². The SMILES string of the molecule is CC(C)C[C@H](NC(=O)[C@@H]1CCCN1C(=O)[C@H](CCCNC(N)N)NC(=O)[C@@H]1CCCN1C(=O)[C@@H]1CCCN1)C(=O)N1CCC[C@H]1C(=O)N[C@H](C(=O)N[C@@H](C)C(=O)N1CCC[C@H]1C(=O)NCC(=O)N[C@@H](CO)C(=O)N[C@@H](CO)C(=O)N[C@@H](CCCCN)C(=O)N[C@H](C(=O)O)[C@@H](C)O)C(C)C. The topological polar surface area (TPSA) is 543 Å². The largest absolute Gasteiger partial charge is 0.480 e. The molecule has 21 N–H and O–H groups in total. The number of carboxylic acid groups (broad SMARTS) is 1. The molecule has 5 rings (SSSR count). The molecule has 0 aromatic carbocycles. The van der Waals surface area contributed by atoms with E-state index in [4.69, 9.17) is 17.2 Å². The van der Waals surface area contributed by atoms with Crippen LogP contribution in [0.1, 0.15) is 144 Å². The molecule has 5 heterocycles. The maximum atomic E-state index is 14.7. The number of nitrogens with zero attached hydrogens (tertiary/aromatic N) is 4. The predicted octanol–water partition coefficient (Wildman–Crippen LogP) is -7.43. The van der Waals surface area contributed by atoms with Gasteiger partial charge in [-0.3, -0.25) is 67.6 Å². The summed E-state index contributed by atoms with van der Waals surface area (Å²) in [5.74, 6) is -11.6. The lowest BCUT2D eigenvalue weighted by Crippen LogP contribution is -2.60. The molecule has 0 spiro atoms. The van der Waals surface area contributed by atoms with Crippen molar-refractivity contribution in [3.05, 3.63) is 0 Å². The number of rotatable bonds is 38. The van der Waals surface area contributed by atoms with Gasteiger partial charge in [-0.15, -0.1) is 0 Å². The van der Waals surface area contributed by atoms with Crippen LogP contribution in [-0.4, -0.2) is 279 Å². The summed E-state index contributed by atoms with van der Waals surface area (Å²) < 4.78 is 0. The predicted molar refractivity (Wildman–Crippen MR) is 354 cm³/mol. The maximum Gasteiger partial charge on any atom is 0.328 e. The van der Waals surface area contributed by atoms with Gasteiger partial charge in [-0.2, -0.15) is 0 Å². The number of nitrogens with two attached hydrogens (primary N) is 3. The van der Waals surface area contributed by atoms with Gasteiger partial charge in [-0.05, 0) is 148 Å². The standard InChI is InChI=1S/C63H108N18O18/c1-33(2)29-40(74-55(91)45-20-13-27-80(45)60(96)39(17-10-24-68-63(65)66)73-54(90)44-19-12-26-79(44)59(95)38-16-9-23-67-38)61(97)81-28-14-21-46(81)56(92)76-48(34(3)4)57(93)70-35(5)58(94)78-25-11-18-43(78)53(89)69-30-47(85)71-41(31-82)51(87)75-42(32-83)52(88)72-37(15-7-8-22-64)50(86)77-49(36(6)84)62(98)99/h33-46,48-49,63,67-68,82-84H,7-32,64-66H2,1-6H3,(H,69,89)(H,70,93)(H,71,85)(H,72,88)(H,73,90)(H,74,91)(H,75,87)(H,76,92)(H,77,86)(H,98,99)/t35-,36+,37-,38-,39-,40-,41-,42-,43-,44-,45-,46-,48-,49-/m0/s1. The number of hydrogen-bond acceptors (Lipinski definition) is 22. The number of carboxylic acids is 1. The zero-order valence-electron chi connectivity index (χ0n) is 57.7. The normalized spacial score (nSPS) is 21.9. The molecule has 0 aromatic rings. The van der Waals surface area contributed by atoms with Crippen molar-refractivity contribution < 1.29 is 87.5 Å². The minimum absolute atomic E-state index is 0.0558. The van der Waals surface area contributed by atoms with E-state index in [0.29, 0.717) is 71.0 Å². The average molecular weight is 1410 g/mol. The van der Waals surface area contributed by atoms with Crippen molar-refractivity contribution in [1.82, 2.24) is 78.1 Å². The number of unbranched alkanes of at least 4 members (excludes halogenated alkanes) is 1. The first-order chi connectivity index (χ1) is 46.9. The van der Waals surface area contributed by atoms with Crippen molar-refractivity contribution in [2.24, 2.45) is 29.0 Å². The van der Waals surface area contributed by atoms with Gasteiger partial charge >= 0.3 is 5.97 Å². The molecule has 0 bridgehead atoms. The first kappa shape index (κ1) is 81.9. The molecule has 5 fully saturated rings. The second-order valence-corrected chi connectivity index (χ2v) is 26.9. The van der Waals surface area contributed by atoms with Gasteiger partial charge in [-0.1, -0.05) is 27.7 Å². The average Bonchev–Trinajstić information content (AvgIpc) is 1.74. The van der Waals surface area contributed by atoms with E-state index in [2.05, 4.69) is 58.5 Å². The number of carbonyl (C=O) groups excluding carboxylic acids is 13. The van der Waals surface area contributed by atoms with E-state index >= 15 is 0 Å². The quantitative estimate of drug-likeness (QED) is 0.0202. The molecule has 13 amide bonds. The summed E-state index contributed by atoms with van der Waals surface area (Å²) in [4.78, 5) is 197. The fourth-order valence-corrected chi connectivity index (χ4v) is 13.0. The number of likely N-dealkylation sites (tertiary alicyclic amines) is 4. The van der Waals surface area contributed by atoms with Gasteiger partial charge in [0.2, 0.25) is 76.8 Å². The third-order valence-corrected chi connectivity index (χ3v) is 18.4. The fraction of sp³-hybridized carbons (Fsp3) is 0.778. The highest BCUT2D eigenvalue weighted by Crippen LogP contribution is 2.26. The molecule has 5 saturated heterocycles. The number of aliphatic hydroxyl groups is 3. The Morgan fingerprint density at radius 1 is 0.505 bits per heavy atom. The molecule has 14 atom stereocenters. The number of amides is 13. The summed E-state index contributed by atoms with van der Waals surface area (Å²) in [6, 6.07) is -15.7. The van der Waals surface area contributed by atoms with Gasteiger partial charge in [0, 0.05) is 26.2 Å². The van der Waals surface area contributed by atoms with E-state index in [1.165, 1.54) is 21.6 Å². The van der Waals surface area contributed by atoms with E-state index in [9.17, 15) is 87.5 Å². The minimum Gasteiger partial charge on any atom is -0.480 e. The monoisotopic (exact) mass is 1400 g/mol. The summed E-state index contributed by atoms with van der Waals surface area (Å²) in [5, 5.41) is 67.9. The minimum atomic E-state index is -1.76. The molecule has 0 unspecified atom stereocenters. The zero-order chi connectivity index (χ0) is 73.4. The summed E-state index contributed by atoms with van der Waals surface area (Å²) in [6.45, 7) is 8.80. The number of aliphatic carboxylic acids is 1. The van der Waals surface area contributed by atoms with Gasteiger partial charge in [0.25, 0.3) is 0 Å². The van der Waals surface area contributed by atoms with E-state index in [-0.39, 0.29) is 89.0 Å². The Hall–Kier alpha value is -7.74. The first-order valence-electron chi connectivity index (χ1n) is 34.7. The van der Waals surface area contributed by atoms with Crippen LogP contribution in [0.25, 0.3) is 0 Å². The fourth-order valence-electron chi connectivity index (χ4n) is 13.0. The Morgan fingerprint density at radius 3 is 1.49 bits per heavy atom. The molecule has 99 heavy (non-hydrogen) atoms. The van der Waals surface area contributed by atoms with Crippen LogP contribution >= 0.6 is 0 Å². The van der Waals surface area contributed by atoms with E-state index in [1.54, 1.807) is 18.7 Å². The second kappa shape index (κ2) is 39.9. The van der Waals surface area contributed by atoms with Crippen molar-refractivity contribution in [2.45, 2.75) is 235 Å². The van der Waals surface area contributed by atoms with Crippen LogP contribution in [0.3, 0.4) is 0 Å². The third-order valence-electron chi connectivity index (χ3n) is 18.4. The molecule has 0 saturated carbocycles. The third kappa shape index (κ3) is 23.7. The molecule has 5 aliphatic rings. The van der Waals surface area contributed by atoms with Crippen LogP contribution in [0, 0.1) is 11.8 Å². The van der Waals surface area contributed by atoms with Crippen molar-refractivity contribution in [1.29, 1.82) is 0 Å². The Labute approximate surface area is 576 Å². The highest BCUT2D eigenvalue weighted by molar-refractivity contribution is 6.00. The van der Waals surface area contributed by atoms with Crippen molar-refractivity contribution in [3.8, 4) is 0 Å². The zero-order valence-corrected chi connectivity index (χ0v) is 57.7. The van der Waals surface area contributed by atoms with E-state index in [1.807, 2.05) is 13.8 Å². The molecule has 0 radical (unpaired) electrons. The summed E-state index contributed by atoms with van der Waals surface area (Å²) >= 11 is 0. The Morgan fingerprint density at radius 2 is 0.990 bits per heavy atom. The molecule has 36 heteroatoms. The maximum absolute atomic E-state index is 14.7. The van der Waals surface area contributed by atoms with Gasteiger partial charge in [0.1, 0.15) is 72.7 Å². The van der Waals surface area contributed by atoms with Crippen molar-refractivity contribution in [2.75, 3.05) is 65.6 Å². The molecule has 0 aromatic heterocycles. The molecule has 0 aliphatic carbocycles. The van der Waals surface area contributed by atoms with Gasteiger partial charge in [0.15, 0.2) is 6.04 Å². The van der Waals surface area contributed by atoms with E-state index < -0.39 is 187 Å². The van der Waals surface area contributed by atoms with Gasteiger partial charge in [0.05, 0.1) is 31.9 Å². The lowest BCUT2D eigenvalue weighted by Gasteiger charge is -2.33.